The van der Waals surface area contributed by atoms with Gasteiger partial charge in [-0.05, 0) is 45.0 Å². The smallest absolute Gasteiger partial charge is 0.134 e. The molecule has 0 saturated carbocycles. The molecule has 0 saturated heterocycles. The lowest BCUT2D eigenvalue weighted by atomic mass is 10.1. The van der Waals surface area contributed by atoms with Crippen molar-refractivity contribution in [2.24, 2.45) is 0 Å². The number of aryl methyl sites for hydroxylation is 1. The van der Waals surface area contributed by atoms with Crippen molar-refractivity contribution in [3.05, 3.63) is 52.7 Å². The van der Waals surface area contributed by atoms with E-state index in [-0.39, 0.29) is 0 Å². The molecule has 0 aliphatic carbocycles. The lowest BCUT2D eigenvalue weighted by Gasteiger charge is -2.22. The van der Waals surface area contributed by atoms with Gasteiger partial charge in [-0.2, -0.15) is 0 Å². The molecule has 0 radical (unpaired) electrons. The highest BCUT2D eigenvalue weighted by Crippen LogP contribution is 2.23. The van der Waals surface area contributed by atoms with Gasteiger partial charge in [-0.15, -0.1) is 0 Å². The normalized spacial score (nSPS) is 11.3. The largest absolute Gasteiger partial charge is 0.295 e. The molecular weight excluding hydrogens is 280 g/mol. The molecule has 112 valence electrons. The van der Waals surface area contributed by atoms with Crippen molar-refractivity contribution in [3.63, 3.8) is 0 Å². The fourth-order valence-electron chi connectivity index (χ4n) is 2.58. The third kappa shape index (κ3) is 4.29. The molecule has 3 heteroatoms. The summed E-state index contributed by atoms with van der Waals surface area (Å²) in [5.74, 6) is 0. The number of rotatable bonds is 6. The van der Waals surface area contributed by atoms with Crippen molar-refractivity contribution in [1.82, 2.24) is 9.88 Å². The summed E-state index contributed by atoms with van der Waals surface area (Å²) in [6.07, 6.45) is 1.12. The number of pyridine rings is 1. The van der Waals surface area contributed by atoms with Gasteiger partial charge in [-0.25, -0.2) is 4.98 Å². The molecule has 0 bridgehead atoms. The van der Waals surface area contributed by atoms with E-state index in [2.05, 4.69) is 55.4 Å². The van der Waals surface area contributed by atoms with Gasteiger partial charge < -0.3 is 0 Å². The highest BCUT2D eigenvalue weighted by molar-refractivity contribution is 6.30. The molecule has 0 atom stereocenters. The summed E-state index contributed by atoms with van der Waals surface area (Å²) < 4.78 is 0. The zero-order valence-corrected chi connectivity index (χ0v) is 13.9. The molecule has 2 rings (SSSR count). The van der Waals surface area contributed by atoms with Crippen molar-refractivity contribution in [3.8, 4) is 0 Å². The average molecular weight is 303 g/mol. The van der Waals surface area contributed by atoms with Crippen molar-refractivity contribution >= 4 is 22.5 Å². The summed E-state index contributed by atoms with van der Waals surface area (Å²) in [5, 5.41) is 1.76. The number of aromatic nitrogens is 1. The maximum Gasteiger partial charge on any atom is 0.134 e. The Bertz CT molecular complexity index is 649. The topological polar surface area (TPSA) is 16.1 Å². The van der Waals surface area contributed by atoms with Crippen molar-refractivity contribution in [2.45, 2.75) is 33.7 Å². The third-order valence-corrected chi connectivity index (χ3v) is 3.75. The van der Waals surface area contributed by atoms with E-state index >= 15 is 0 Å². The zero-order chi connectivity index (χ0) is 15.4. The number of halogens is 1. The maximum absolute atomic E-state index is 6.36. The zero-order valence-electron chi connectivity index (χ0n) is 13.1. The lowest BCUT2D eigenvalue weighted by molar-refractivity contribution is 0.289. The second kappa shape index (κ2) is 7.06. The summed E-state index contributed by atoms with van der Waals surface area (Å²) in [6.45, 7) is 13.1. The highest BCUT2D eigenvalue weighted by Gasteiger charge is 2.10. The van der Waals surface area contributed by atoms with Crippen LogP contribution in [-0.4, -0.2) is 23.0 Å². The molecule has 1 aromatic carbocycles. The standard InChI is InChI=1S/C18H23ClN2/c1-5-8-21(11-13(2)3)12-16-10-15-9-14(4)6-7-17(15)20-18(16)19/h6-7,9-10H,2,5,8,11-12H2,1,3-4H3. The van der Waals surface area contributed by atoms with Crippen LogP contribution in [0.4, 0.5) is 0 Å². The Kier molecular flexibility index (Phi) is 5.38. The highest BCUT2D eigenvalue weighted by atomic mass is 35.5. The first-order valence-corrected chi connectivity index (χ1v) is 7.80. The quantitative estimate of drug-likeness (QED) is 0.552. The van der Waals surface area contributed by atoms with Gasteiger partial charge in [0.2, 0.25) is 0 Å². The van der Waals surface area contributed by atoms with Crippen LogP contribution in [0.2, 0.25) is 5.15 Å². The molecule has 0 unspecified atom stereocenters. The van der Waals surface area contributed by atoms with Crippen LogP contribution in [0.3, 0.4) is 0 Å². The van der Waals surface area contributed by atoms with Crippen LogP contribution < -0.4 is 0 Å². The second-order valence-electron chi connectivity index (χ2n) is 5.80. The molecule has 0 aliphatic heterocycles. The van der Waals surface area contributed by atoms with Gasteiger partial charge in [-0.1, -0.05) is 42.3 Å². The Morgan fingerprint density at radius 3 is 2.76 bits per heavy atom. The van der Waals surface area contributed by atoms with Crippen molar-refractivity contribution in [1.29, 1.82) is 0 Å². The molecule has 0 fully saturated rings. The van der Waals surface area contributed by atoms with Gasteiger partial charge in [0.25, 0.3) is 0 Å². The lowest BCUT2D eigenvalue weighted by Crippen LogP contribution is -2.26. The molecule has 0 spiro atoms. The van der Waals surface area contributed by atoms with E-state index in [0.29, 0.717) is 5.15 Å². The van der Waals surface area contributed by atoms with E-state index in [0.717, 1.165) is 42.5 Å². The summed E-state index contributed by atoms with van der Waals surface area (Å²) >= 11 is 6.36. The van der Waals surface area contributed by atoms with Crippen molar-refractivity contribution < 1.29 is 0 Å². The number of nitrogens with zero attached hydrogens (tertiary/aromatic N) is 2. The monoisotopic (exact) mass is 302 g/mol. The number of hydrogen-bond acceptors (Lipinski definition) is 2. The summed E-state index contributed by atoms with van der Waals surface area (Å²) in [4.78, 5) is 6.89. The Morgan fingerprint density at radius 1 is 1.33 bits per heavy atom. The van der Waals surface area contributed by atoms with Gasteiger partial charge in [0.1, 0.15) is 5.15 Å². The molecule has 2 aromatic rings. The summed E-state index contributed by atoms with van der Waals surface area (Å²) in [7, 11) is 0. The SMILES string of the molecule is C=C(C)CN(CCC)Cc1cc2cc(C)ccc2nc1Cl. The molecule has 1 aromatic heterocycles. The van der Waals surface area contributed by atoms with Crippen LogP contribution in [0, 0.1) is 6.92 Å². The predicted molar refractivity (Wildman–Crippen MR) is 91.9 cm³/mol. The van der Waals surface area contributed by atoms with E-state index in [9.17, 15) is 0 Å². The van der Waals surface area contributed by atoms with E-state index in [1.807, 2.05) is 6.07 Å². The predicted octanol–water partition coefficient (Wildman–Crippen LogP) is 4.98. The van der Waals surface area contributed by atoms with Crippen LogP contribution in [-0.2, 0) is 6.54 Å². The first-order valence-electron chi connectivity index (χ1n) is 7.42. The fraction of sp³-hybridized carbons (Fsp3) is 0.389. The Hall–Kier alpha value is -1.38. The fourth-order valence-corrected chi connectivity index (χ4v) is 2.79. The Labute approximate surface area is 132 Å². The minimum atomic E-state index is 0.606. The molecular formula is C18H23ClN2. The number of fused-ring (bicyclic) bond motifs is 1. The van der Waals surface area contributed by atoms with E-state index in [4.69, 9.17) is 11.6 Å². The minimum Gasteiger partial charge on any atom is -0.295 e. The molecule has 0 aliphatic rings. The second-order valence-corrected chi connectivity index (χ2v) is 6.16. The van der Waals surface area contributed by atoms with Crippen LogP contribution in [0.25, 0.3) is 10.9 Å². The molecule has 0 N–H and O–H groups in total. The first kappa shape index (κ1) is 16.0. The maximum atomic E-state index is 6.36. The van der Waals surface area contributed by atoms with Crippen molar-refractivity contribution in [2.75, 3.05) is 13.1 Å². The number of hydrogen-bond donors (Lipinski definition) is 0. The third-order valence-electron chi connectivity index (χ3n) is 3.42. The van der Waals surface area contributed by atoms with E-state index in [1.54, 1.807) is 0 Å². The van der Waals surface area contributed by atoms with Gasteiger partial charge in [0.15, 0.2) is 0 Å². The molecule has 0 amide bonds. The van der Waals surface area contributed by atoms with Crippen LogP contribution in [0.5, 0.6) is 0 Å². The Morgan fingerprint density at radius 2 is 2.10 bits per heavy atom. The molecule has 2 nitrogen and oxygen atoms in total. The van der Waals surface area contributed by atoms with Gasteiger partial charge in [-0.3, -0.25) is 4.90 Å². The molecule has 1 heterocycles. The van der Waals surface area contributed by atoms with Crippen LogP contribution in [0.15, 0.2) is 36.4 Å². The van der Waals surface area contributed by atoms with Crippen LogP contribution in [0.1, 0.15) is 31.4 Å². The molecule has 21 heavy (non-hydrogen) atoms. The number of benzene rings is 1. The average Bonchev–Trinajstić information content (AvgIpc) is 2.39. The van der Waals surface area contributed by atoms with Gasteiger partial charge in [0, 0.05) is 24.0 Å². The minimum absolute atomic E-state index is 0.606. The first-order chi connectivity index (χ1) is 9.99. The van der Waals surface area contributed by atoms with Gasteiger partial charge in [0.05, 0.1) is 5.52 Å². The van der Waals surface area contributed by atoms with Gasteiger partial charge >= 0.3 is 0 Å². The summed E-state index contributed by atoms with van der Waals surface area (Å²) in [5.41, 5.74) is 4.45. The van der Waals surface area contributed by atoms with Crippen LogP contribution >= 0.6 is 11.6 Å². The van der Waals surface area contributed by atoms with E-state index in [1.165, 1.54) is 11.1 Å². The van der Waals surface area contributed by atoms with E-state index < -0.39 is 0 Å². The Balaban J connectivity index is 2.31. The summed E-state index contributed by atoms with van der Waals surface area (Å²) in [6, 6.07) is 8.41.